The second-order valence-corrected chi connectivity index (χ2v) is 5.17. The van der Waals surface area contributed by atoms with E-state index in [1.54, 1.807) is 18.2 Å². The van der Waals surface area contributed by atoms with Crippen LogP contribution < -0.4 is 5.43 Å². The number of hydrogen-bond donors (Lipinski definition) is 1. The summed E-state index contributed by atoms with van der Waals surface area (Å²) in [5.74, 6) is 0.267. The van der Waals surface area contributed by atoms with E-state index < -0.39 is 0 Å². The van der Waals surface area contributed by atoms with Crippen LogP contribution in [0.3, 0.4) is 0 Å². The van der Waals surface area contributed by atoms with E-state index in [0.29, 0.717) is 47.9 Å². The topological polar surface area (TPSA) is 53.9 Å². The first-order valence-corrected chi connectivity index (χ1v) is 6.96. The molecule has 0 saturated carbocycles. The summed E-state index contributed by atoms with van der Waals surface area (Å²) in [6.07, 6.45) is 0. The highest BCUT2D eigenvalue weighted by atomic mass is 35.5. The van der Waals surface area contributed by atoms with Gasteiger partial charge in [-0.15, -0.1) is 0 Å². The van der Waals surface area contributed by atoms with Gasteiger partial charge >= 0.3 is 0 Å². The highest BCUT2D eigenvalue weighted by Gasteiger charge is 2.19. The van der Waals surface area contributed by atoms with Crippen LogP contribution in [0.25, 0.3) is 0 Å². The van der Waals surface area contributed by atoms with E-state index in [1.165, 1.54) is 6.92 Å². The molecule has 20 heavy (non-hydrogen) atoms. The summed E-state index contributed by atoms with van der Waals surface area (Å²) in [7, 11) is 0. The molecule has 0 bridgehead atoms. The molecular formula is C13H15Cl2N3O2. The van der Waals surface area contributed by atoms with E-state index in [0.717, 1.165) is 0 Å². The Morgan fingerprint density at radius 1 is 1.35 bits per heavy atom. The molecule has 1 aromatic rings. The Morgan fingerprint density at radius 3 is 2.65 bits per heavy atom. The largest absolute Gasteiger partial charge is 0.378 e. The van der Waals surface area contributed by atoms with Gasteiger partial charge in [-0.3, -0.25) is 10.2 Å². The predicted octanol–water partition coefficient (Wildman–Crippen LogP) is 2.64. The lowest BCUT2D eigenvalue weighted by atomic mass is 10.3. The zero-order valence-electron chi connectivity index (χ0n) is 11.0. The van der Waals surface area contributed by atoms with Crippen LogP contribution in [0.5, 0.6) is 0 Å². The van der Waals surface area contributed by atoms with E-state index in [9.17, 15) is 4.79 Å². The van der Waals surface area contributed by atoms with Crippen molar-refractivity contribution in [2.24, 2.45) is 5.10 Å². The molecule has 0 spiro atoms. The zero-order chi connectivity index (χ0) is 14.5. The monoisotopic (exact) mass is 315 g/mol. The van der Waals surface area contributed by atoms with E-state index in [2.05, 4.69) is 10.5 Å². The van der Waals surface area contributed by atoms with Gasteiger partial charge in [-0.05, 0) is 18.2 Å². The molecule has 0 aromatic heterocycles. The van der Waals surface area contributed by atoms with Gasteiger partial charge in [0.05, 0.1) is 23.9 Å². The molecule has 108 valence electrons. The molecule has 0 unspecified atom stereocenters. The molecule has 1 fully saturated rings. The molecule has 1 N–H and O–H groups in total. The maximum Gasteiger partial charge on any atom is 0.196 e. The summed E-state index contributed by atoms with van der Waals surface area (Å²) in [6.45, 7) is 3.96. The number of amidine groups is 1. The van der Waals surface area contributed by atoms with Crippen molar-refractivity contribution in [2.75, 3.05) is 31.7 Å². The number of carbonyl (C=O) groups excluding carboxylic acids is 1. The summed E-state index contributed by atoms with van der Waals surface area (Å²) in [6, 6.07) is 5.03. The number of anilines is 1. The molecule has 1 saturated heterocycles. The zero-order valence-corrected chi connectivity index (χ0v) is 12.5. The molecule has 0 atom stereocenters. The van der Waals surface area contributed by atoms with Crippen molar-refractivity contribution in [3.63, 3.8) is 0 Å². The Hall–Kier alpha value is -1.30. The first-order chi connectivity index (χ1) is 9.58. The average molecular weight is 316 g/mol. The fraction of sp³-hybridized carbons (Fsp3) is 0.385. The van der Waals surface area contributed by atoms with Crippen molar-refractivity contribution in [1.29, 1.82) is 0 Å². The van der Waals surface area contributed by atoms with Crippen molar-refractivity contribution in [3.05, 3.63) is 28.2 Å². The smallest absolute Gasteiger partial charge is 0.196 e. The first kappa shape index (κ1) is 15.1. The number of hydrazone groups is 1. The number of nitrogens with zero attached hydrogens (tertiary/aromatic N) is 2. The summed E-state index contributed by atoms with van der Waals surface area (Å²) < 4.78 is 5.26. The van der Waals surface area contributed by atoms with Gasteiger partial charge < -0.3 is 9.64 Å². The van der Waals surface area contributed by atoms with Crippen molar-refractivity contribution in [2.45, 2.75) is 6.92 Å². The highest BCUT2D eigenvalue weighted by Crippen LogP contribution is 2.25. The minimum atomic E-state index is -0.107. The van der Waals surface area contributed by atoms with Crippen molar-refractivity contribution < 1.29 is 9.53 Å². The lowest BCUT2D eigenvalue weighted by molar-refractivity contribution is -0.112. The number of Topliss-reactive ketones (excluding diaryl/α,β-unsaturated/α-hetero) is 1. The van der Waals surface area contributed by atoms with E-state index >= 15 is 0 Å². The molecule has 1 aromatic carbocycles. The van der Waals surface area contributed by atoms with Gasteiger partial charge in [-0.2, -0.15) is 5.10 Å². The molecule has 2 rings (SSSR count). The Labute approximate surface area is 127 Å². The Kier molecular flexibility index (Phi) is 5.23. The highest BCUT2D eigenvalue weighted by molar-refractivity contribution is 6.38. The van der Waals surface area contributed by atoms with Gasteiger partial charge in [-0.25, -0.2) is 0 Å². The van der Waals surface area contributed by atoms with Gasteiger partial charge in [0.2, 0.25) is 0 Å². The van der Waals surface area contributed by atoms with Gasteiger partial charge in [0.15, 0.2) is 11.6 Å². The molecule has 1 aliphatic rings. The van der Waals surface area contributed by atoms with E-state index in [-0.39, 0.29) is 5.78 Å². The van der Waals surface area contributed by atoms with Crippen LogP contribution in [0.4, 0.5) is 5.69 Å². The van der Waals surface area contributed by atoms with Gasteiger partial charge in [0.25, 0.3) is 0 Å². The van der Waals surface area contributed by atoms with Crippen LogP contribution in [0.15, 0.2) is 23.3 Å². The Morgan fingerprint density at radius 2 is 2.05 bits per heavy atom. The third-order valence-corrected chi connectivity index (χ3v) is 3.39. The third-order valence-electron chi connectivity index (χ3n) is 2.84. The van der Waals surface area contributed by atoms with E-state index in [1.807, 2.05) is 4.90 Å². The lowest BCUT2D eigenvalue weighted by Crippen LogP contribution is -2.44. The number of ether oxygens (including phenoxy) is 1. The number of carbonyl (C=O) groups is 1. The van der Waals surface area contributed by atoms with Crippen molar-refractivity contribution in [1.82, 2.24) is 4.90 Å². The molecule has 1 aliphatic heterocycles. The first-order valence-electron chi connectivity index (χ1n) is 6.20. The number of rotatable bonds is 3. The molecule has 7 heteroatoms. The summed E-state index contributed by atoms with van der Waals surface area (Å²) in [5.41, 5.74) is 3.41. The summed E-state index contributed by atoms with van der Waals surface area (Å²) in [5, 5.41) is 5.16. The third kappa shape index (κ3) is 3.85. The van der Waals surface area contributed by atoms with E-state index in [4.69, 9.17) is 27.9 Å². The number of nitrogens with one attached hydrogen (secondary N) is 1. The van der Waals surface area contributed by atoms with Crippen LogP contribution >= 0.6 is 23.2 Å². The van der Waals surface area contributed by atoms with Crippen LogP contribution in [-0.2, 0) is 9.53 Å². The molecule has 5 nitrogen and oxygen atoms in total. The predicted molar refractivity (Wildman–Crippen MR) is 80.6 cm³/mol. The fourth-order valence-electron chi connectivity index (χ4n) is 1.84. The van der Waals surface area contributed by atoms with Crippen molar-refractivity contribution in [3.8, 4) is 0 Å². The van der Waals surface area contributed by atoms with Gasteiger partial charge in [0, 0.05) is 25.0 Å². The van der Waals surface area contributed by atoms with Crippen molar-refractivity contribution >= 4 is 40.5 Å². The van der Waals surface area contributed by atoms with Crippen LogP contribution in [0.1, 0.15) is 6.92 Å². The molecule has 1 heterocycles. The number of benzene rings is 1. The minimum Gasteiger partial charge on any atom is -0.378 e. The van der Waals surface area contributed by atoms with Crippen LogP contribution in [0, 0.1) is 0 Å². The van der Waals surface area contributed by atoms with Crippen LogP contribution in [-0.4, -0.2) is 42.8 Å². The summed E-state index contributed by atoms with van der Waals surface area (Å²) >= 11 is 11.9. The average Bonchev–Trinajstić information content (AvgIpc) is 2.42. The normalized spacial score (nSPS) is 16.1. The number of morpholine rings is 1. The maximum atomic E-state index is 11.7. The minimum absolute atomic E-state index is 0.107. The molecular weight excluding hydrogens is 301 g/mol. The van der Waals surface area contributed by atoms with Crippen LogP contribution in [0.2, 0.25) is 10.0 Å². The molecule has 0 radical (unpaired) electrons. The van der Waals surface area contributed by atoms with Gasteiger partial charge in [-0.1, -0.05) is 23.2 Å². The molecule has 0 aliphatic carbocycles. The number of ketones is 1. The van der Waals surface area contributed by atoms with Gasteiger partial charge in [0.1, 0.15) is 0 Å². The maximum absolute atomic E-state index is 11.7. The SMILES string of the molecule is CC(=O)/C(=N/Nc1ccc(Cl)cc1Cl)N1CCOCC1. The second-order valence-electron chi connectivity index (χ2n) is 4.33. The Balaban J connectivity index is 2.14. The summed E-state index contributed by atoms with van der Waals surface area (Å²) in [4.78, 5) is 13.6. The fourth-order valence-corrected chi connectivity index (χ4v) is 2.29. The molecule has 0 amide bonds. The quantitative estimate of drug-likeness (QED) is 0.529. The number of hydrogen-bond acceptors (Lipinski definition) is 4. The Bertz CT molecular complexity index is 528. The second kappa shape index (κ2) is 6.92. The lowest BCUT2D eigenvalue weighted by Gasteiger charge is -2.28. The standard InChI is InChI=1S/C13H15Cl2N3O2/c1-9(19)13(18-4-6-20-7-5-18)17-16-12-3-2-10(14)8-11(12)15/h2-3,8,16H,4-7H2,1H3/b17-13-. The number of halogens is 2.